The van der Waals surface area contributed by atoms with E-state index in [9.17, 15) is 9.50 Å². The van der Waals surface area contributed by atoms with E-state index in [1.165, 1.54) is 12.1 Å². The molecule has 1 aliphatic carbocycles. The average Bonchev–Trinajstić information content (AvgIpc) is 2.00. The topological polar surface area (TPSA) is 20.2 Å². The Morgan fingerprint density at radius 1 is 1.38 bits per heavy atom. The molecule has 0 spiro atoms. The summed E-state index contributed by atoms with van der Waals surface area (Å²) in [7, 11) is 0. The fraction of sp³-hybridized carbons (Fsp3) is 0.400. The Balaban J connectivity index is 2.40. The van der Waals surface area contributed by atoms with E-state index in [4.69, 9.17) is 11.6 Å². The number of rotatable bonds is 1. The predicted molar refractivity (Wildman–Crippen MR) is 49.2 cm³/mol. The lowest BCUT2D eigenvalue weighted by molar-refractivity contribution is -0.0387. The maximum absolute atomic E-state index is 12.7. The highest BCUT2D eigenvalue weighted by molar-refractivity contribution is 6.31. The van der Waals surface area contributed by atoms with Crippen LogP contribution < -0.4 is 0 Å². The first-order chi connectivity index (χ1) is 6.12. The lowest BCUT2D eigenvalue weighted by atomic mass is 9.75. The molecule has 1 aromatic rings. The molecule has 0 bridgehead atoms. The van der Waals surface area contributed by atoms with Crippen LogP contribution in [0.1, 0.15) is 24.8 Å². The SMILES string of the molecule is OC1(c2ccc(F)cc2Cl)CCC1. The minimum Gasteiger partial charge on any atom is -0.385 e. The van der Waals surface area contributed by atoms with Crippen LogP contribution in [-0.2, 0) is 5.60 Å². The van der Waals surface area contributed by atoms with Crippen molar-refractivity contribution in [3.05, 3.63) is 34.6 Å². The van der Waals surface area contributed by atoms with E-state index in [0.29, 0.717) is 10.6 Å². The summed E-state index contributed by atoms with van der Waals surface area (Å²) in [6, 6.07) is 4.14. The Morgan fingerprint density at radius 3 is 2.54 bits per heavy atom. The highest BCUT2D eigenvalue weighted by atomic mass is 35.5. The molecule has 1 N–H and O–H groups in total. The van der Waals surface area contributed by atoms with Crippen LogP contribution in [-0.4, -0.2) is 5.11 Å². The van der Waals surface area contributed by atoms with Crippen molar-refractivity contribution in [2.75, 3.05) is 0 Å². The zero-order valence-electron chi connectivity index (χ0n) is 7.06. The molecule has 1 nitrogen and oxygen atoms in total. The molecule has 13 heavy (non-hydrogen) atoms. The van der Waals surface area contributed by atoms with E-state index >= 15 is 0 Å². The summed E-state index contributed by atoms with van der Waals surface area (Å²) < 4.78 is 12.7. The van der Waals surface area contributed by atoms with Crippen LogP contribution in [0.15, 0.2) is 18.2 Å². The maximum Gasteiger partial charge on any atom is 0.124 e. The second-order valence-electron chi connectivity index (χ2n) is 3.51. The summed E-state index contributed by atoms with van der Waals surface area (Å²) in [5.41, 5.74) is -0.146. The van der Waals surface area contributed by atoms with Crippen molar-refractivity contribution in [1.29, 1.82) is 0 Å². The number of aliphatic hydroxyl groups is 1. The Bertz CT molecular complexity index is 334. The maximum atomic E-state index is 12.7. The summed E-state index contributed by atoms with van der Waals surface area (Å²) in [6.07, 6.45) is 2.45. The zero-order valence-corrected chi connectivity index (χ0v) is 7.81. The van der Waals surface area contributed by atoms with Crippen LogP contribution in [0.2, 0.25) is 5.02 Å². The Morgan fingerprint density at radius 2 is 2.08 bits per heavy atom. The minimum absolute atomic E-state index is 0.321. The fourth-order valence-corrected chi connectivity index (χ4v) is 1.99. The summed E-state index contributed by atoms with van der Waals surface area (Å²) in [5, 5.41) is 10.3. The molecule has 0 amide bonds. The molecule has 0 atom stereocenters. The van der Waals surface area contributed by atoms with Gasteiger partial charge in [0.25, 0.3) is 0 Å². The normalized spacial score (nSPS) is 19.6. The number of hydrogen-bond acceptors (Lipinski definition) is 1. The third-order valence-corrected chi connectivity index (χ3v) is 2.93. The summed E-state index contributed by atoms with van der Waals surface area (Å²) in [4.78, 5) is 0. The van der Waals surface area contributed by atoms with Gasteiger partial charge in [0, 0.05) is 10.6 Å². The molecule has 70 valence electrons. The molecule has 1 saturated carbocycles. The average molecular weight is 201 g/mol. The van der Waals surface area contributed by atoms with Gasteiger partial charge in [-0.25, -0.2) is 4.39 Å². The third-order valence-electron chi connectivity index (χ3n) is 2.61. The van der Waals surface area contributed by atoms with Crippen LogP contribution in [0.4, 0.5) is 4.39 Å². The number of hydrogen-bond donors (Lipinski definition) is 1. The van der Waals surface area contributed by atoms with Gasteiger partial charge in [0.05, 0.1) is 5.60 Å². The van der Waals surface area contributed by atoms with Gasteiger partial charge in [0.1, 0.15) is 5.82 Å². The van der Waals surface area contributed by atoms with Crippen molar-refractivity contribution in [3.8, 4) is 0 Å². The Hall–Kier alpha value is -0.600. The molecule has 2 rings (SSSR count). The van der Waals surface area contributed by atoms with E-state index < -0.39 is 5.60 Å². The quantitative estimate of drug-likeness (QED) is 0.739. The van der Waals surface area contributed by atoms with Gasteiger partial charge < -0.3 is 5.11 Å². The van der Waals surface area contributed by atoms with Crippen LogP contribution >= 0.6 is 11.6 Å². The van der Waals surface area contributed by atoms with Gasteiger partial charge in [-0.1, -0.05) is 17.7 Å². The molecule has 0 radical (unpaired) electrons. The van der Waals surface area contributed by atoms with E-state index in [2.05, 4.69) is 0 Å². The standard InChI is InChI=1S/C10H10ClFO/c11-9-6-7(12)2-3-8(9)10(13)4-1-5-10/h2-3,6,13H,1,4-5H2. The fourth-order valence-electron chi connectivity index (χ4n) is 1.65. The first kappa shape index (κ1) is 8.97. The smallest absolute Gasteiger partial charge is 0.124 e. The molecular weight excluding hydrogens is 191 g/mol. The monoisotopic (exact) mass is 200 g/mol. The minimum atomic E-state index is -0.801. The van der Waals surface area contributed by atoms with Crippen molar-refractivity contribution in [2.45, 2.75) is 24.9 Å². The first-order valence-corrected chi connectivity index (χ1v) is 4.67. The number of benzene rings is 1. The largest absolute Gasteiger partial charge is 0.385 e. The van der Waals surface area contributed by atoms with Gasteiger partial charge in [-0.05, 0) is 31.4 Å². The number of halogens is 2. The molecule has 3 heteroatoms. The van der Waals surface area contributed by atoms with Gasteiger partial charge in [0.15, 0.2) is 0 Å². The summed E-state index contributed by atoms with van der Waals surface area (Å²) in [5.74, 6) is -0.364. The van der Waals surface area contributed by atoms with Crippen molar-refractivity contribution in [3.63, 3.8) is 0 Å². The summed E-state index contributed by atoms with van der Waals surface area (Å²) >= 11 is 5.83. The molecule has 0 aromatic heterocycles. The van der Waals surface area contributed by atoms with Crippen LogP contribution in [0.25, 0.3) is 0 Å². The van der Waals surface area contributed by atoms with Gasteiger partial charge in [-0.2, -0.15) is 0 Å². The van der Waals surface area contributed by atoms with Crippen LogP contribution in [0.5, 0.6) is 0 Å². The molecule has 0 aliphatic heterocycles. The van der Waals surface area contributed by atoms with Crippen molar-refractivity contribution in [2.24, 2.45) is 0 Å². The Kier molecular flexibility index (Phi) is 2.05. The van der Waals surface area contributed by atoms with Gasteiger partial charge in [-0.15, -0.1) is 0 Å². The molecule has 0 saturated heterocycles. The molecule has 1 aliphatic rings. The highest BCUT2D eigenvalue weighted by Gasteiger charge is 2.37. The predicted octanol–water partition coefficient (Wildman–Crippen LogP) is 2.85. The molecule has 0 heterocycles. The molecule has 1 fully saturated rings. The lowest BCUT2D eigenvalue weighted by Crippen LogP contribution is -2.33. The zero-order chi connectivity index (χ0) is 9.47. The second kappa shape index (κ2) is 2.96. The van der Waals surface area contributed by atoms with Gasteiger partial charge in [0.2, 0.25) is 0 Å². The molecule has 0 unspecified atom stereocenters. The van der Waals surface area contributed by atoms with E-state index in [0.717, 1.165) is 19.3 Å². The summed E-state index contributed by atoms with van der Waals surface area (Å²) in [6.45, 7) is 0. The van der Waals surface area contributed by atoms with E-state index in [1.54, 1.807) is 6.07 Å². The van der Waals surface area contributed by atoms with Crippen LogP contribution in [0.3, 0.4) is 0 Å². The van der Waals surface area contributed by atoms with Gasteiger partial charge in [-0.3, -0.25) is 0 Å². The molecule has 1 aromatic carbocycles. The van der Waals surface area contributed by atoms with E-state index in [-0.39, 0.29) is 5.82 Å². The molecular formula is C10H10ClFO. The van der Waals surface area contributed by atoms with Crippen molar-refractivity contribution in [1.82, 2.24) is 0 Å². The first-order valence-electron chi connectivity index (χ1n) is 4.30. The van der Waals surface area contributed by atoms with Gasteiger partial charge >= 0.3 is 0 Å². The van der Waals surface area contributed by atoms with Crippen molar-refractivity contribution >= 4 is 11.6 Å². The van der Waals surface area contributed by atoms with E-state index in [1.807, 2.05) is 0 Å². The van der Waals surface area contributed by atoms with Crippen LogP contribution in [0, 0.1) is 5.82 Å². The third kappa shape index (κ3) is 1.45. The van der Waals surface area contributed by atoms with Crippen molar-refractivity contribution < 1.29 is 9.50 Å². The lowest BCUT2D eigenvalue weighted by Gasteiger charge is -2.37. The Labute approximate surface area is 81.1 Å². The highest BCUT2D eigenvalue weighted by Crippen LogP contribution is 2.43. The second-order valence-corrected chi connectivity index (χ2v) is 3.92.